The summed E-state index contributed by atoms with van der Waals surface area (Å²) < 4.78 is 5.33. The maximum Gasteiger partial charge on any atom is 0.251 e. The average molecular weight is 287 g/mol. The second-order valence-corrected chi connectivity index (χ2v) is 5.00. The molecule has 0 saturated carbocycles. The van der Waals surface area contributed by atoms with Crippen molar-refractivity contribution in [1.82, 2.24) is 10.3 Å². The summed E-state index contributed by atoms with van der Waals surface area (Å²) in [7, 11) is 0. The minimum atomic E-state index is -0.120. The van der Waals surface area contributed by atoms with E-state index < -0.39 is 0 Å². The van der Waals surface area contributed by atoms with Gasteiger partial charge in [0, 0.05) is 17.8 Å². The maximum atomic E-state index is 12.2. The molecule has 2 aromatic rings. The fraction of sp³-hybridized carbons (Fsp3) is 0.375. The first-order chi connectivity index (χ1) is 10.1. The van der Waals surface area contributed by atoms with Gasteiger partial charge < -0.3 is 15.1 Å². The molecule has 1 aromatic heterocycles. The summed E-state index contributed by atoms with van der Waals surface area (Å²) in [5, 5.41) is 6.12. The molecule has 1 heterocycles. The molecular weight excluding hydrogens is 266 g/mol. The molecular formula is C16H21N3O2. The lowest BCUT2D eigenvalue weighted by atomic mass is 10.1. The predicted octanol–water partition coefficient (Wildman–Crippen LogP) is 3.04. The zero-order chi connectivity index (χ0) is 15.2. The van der Waals surface area contributed by atoms with E-state index in [0.717, 1.165) is 30.0 Å². The van der Waals surface area contributed by atoms with Gasteiger partial charge in [0.2, 0.25) is 5.89 Å². The van der Waals surface area contributed by atoms with Crippen LogP contribution in [-0.2, 0) is 6.54 Å². The van der Waals surface area contributed by atoms with Gasteiger partial charge in [-0.1, -0.05) is 6.92 Å². The lowest BCUT2D eigenvalue weighted by molar-refractivity contribution is 0.0946. The molecule has 1 aromatic carbocycles. The van der Waals surface area contributed by atoms with E-state index in [9.17, 15) is 4.79 Å². The number of carbonyl (C=O) groups is 1. The molecule has 0 spiro atoms. The molecule has 2 rings (SSSR count). The van der Waals surface area contributed by atoms with Crippen LogP contribution in [-0.4, -0.2) is 17.4 Å². The Kier molecular flexibility index (Phi) is 4.98. The first-order valence-electron chi connectivity index (χ1n) is 7.14. The van der Waals surface area contributed by atoms with Gasteiger partial charge in [0.05, 0.1) is 12.7 Å². The van der Waals surface area contributed by atoms with Gasteiger partial charge in [0.25, 0.3) is 5.91 Å². The summed E-state index contributed by atoms with van der Waals surface area (Å²) in [6.45, 7) is 7.09. The quantitative estimate of drug-likeness (QED) is 0.857. The Hall–Kier alpha value is -2.30. The van der Waals surface area contributed by atoms with Gasteiger partial charge in [-0.05, 0) is 44.0 Å². The second-order valence-electron chi connectivity index (χ2n) is 5.00. The zero-order valence-corrected chi connectivity index (χ0v) is 12.7. The molecule has 5 nitrogen and oxygen atoms in total. The van der Waals surface area contributed by atoms with Crippen molar-refractivity contribution in [2.45, 2.75) is 33.7 Å². The summed E-state index contributed by atoms with van der Waals surface area (Å²) in [5.74, 6) is 1.13. The highest BCUT2D eigenvalue weighted by Crippen LogP contribution is 2.15. The summed E-state index contributed by atoms with van der Waals surface area (Å²) >= 11 is 0. The Bertz CT molecular complexity index is 620. The molecule has 21 heavy (non-hydrogen) atoms. The molecule has 0 aliphatic carbocycles. The second kappa shape index (κ2) is 6.92. The van der Waals surface area contributed by atoms with Gasteiger partial charge in [-0.2, -0.15) is 0 Å². The lowest BCUT2D eigenvalue weighted by Gasteiger charge is -2.10. The molecule has 0 aliphatic heterocycles. The first kappa shape index (κ1) is 15.1. The van der Waals surface area contributed by atoms with Crippen LogP contribution in [0.2, 0.25) is 0 Å². The normalized spacial score (nSPS) is 10.4. The van der Waals surface area contributed by atoms with Gasteiger partial charge in [-0.15, -0.1) is 0 Å². The minimum Gasteiger partial charge on any atom is -0.444 e. The Balaban J connectivity index is 1.98. The van der Waals surface area contributed by atoms with Gasteiger partial charge in [-0.3, -0.25) is 4.79 Å². The van der Waals surface area contributed by atoms with E-state index in [1.165, 1.54) is 0 Å². The summed E-state index contributed by atoms with van der Waals surface area (Å²) in [6.07, 6.45) is 2.71. The van der Waals surface area contributed by atoms with Gasteiger partial charge in [0.1, 0.15) is 5.76 Å². The number of aryl methyl sites for hydroxylation is 2. The van der Waals surface area contributed by atoms with E-state index in [0.29, 0.717) is 18.0 Å². The Morgan fingerprint density at radius 2 is 2.14 bits per heavy atom. The van der Waals surface area contributed by atoms with Crippen molar-refractivity contribution in [1.29, 1.82) is 0 Å². The highest BCUT2D eigenvalue weighted by molar-refractivity contribution is 5.95. The van der Waals surface area contributed by atoms with Crippen molar-refractivity contribution in [2.75, 3.05) is 11.9 Å². The van der Waals surface area contributed by atoms with Crippen molar-refractivity contribution < 1.29 is 9.21 Å². The molecule has 0 unspecified atom stereocenters. The third-order valence-electron chi connectivity index (χ3n) is 3.12. The van der Waals surface area contributed by atoms with Crippen molar-refractivity contribution in [3.63, 3.8) is 0 Å². The Morgan fingerprint density at radius 1 is 1.33 bits per heavy atom. The van der Waals surface area contributed by atoms with Crippen molar-refractivity contribution in [3.05, 3.63) is 47.2 Å². The number of hydrogen-bond acceptors (Lipinski definition) is 4. The summed E-state index contributed by atoms with van der Waals surface area (Å²) in [6, 6.07) is 5.75. The number of benzene rings is 1. The number of anilines is 1. The fourth-order valence-electron chi connectivity index (χ4n) is 2.03. The third kappa shape index (κ3) is 4.08. The van der Waals surface area contributed by atoms with Crippen LogP contribution in [0.15, 0.2) is 28.8 Å². The molecule has 112 valence electrons. The maximum absolute atomic E-state index is 12.2. The predicted molar refractivity (Wildman–Crippen MR) is 82.4 cm³/mol. The standard InChI is InChI=1S/C16H21N3O2/c1-4-7-17-13-5-6-14(11(2)8-13)16(20)19-10-15-18-9-12(3)21-15/h5-6,8-9,17H,4,7,10H2,1-3H3,(H,19,20). The number of rotatable bonds is 6. The van der Waals surface area contributed by atoms with Crippen molar-refractivity contribution >= 4 is 11.6 Å². The SMILES string of the molecule is CCCNc1ccc(C(=O)NCc2ncc(C)o2)c(C)c1. The van der Waals surface area contributed by atoms with Gasteiger partial charge in [-0.25, -0.2) is 4.98 Å². The summed E-state index contributed by atoms with van der Waals surface area (Å²) in [5.41, 5.74) is 2.65. The number of oxazole rings is 1. The van der Waals surface area contributed by atoms with E-state index in [-0.39, 0.29) is 5.91 Å². The topological polar surface area (TPSA) is 67.2 Å². The van der Waals surface area contributed by atoms with Crippen LogP contribution in [0.3, 0.4) is 0 Å². The van der Waals surface area contributed by atoms with Gasteiger partial charge >= 0.3 is 0 Å². The van der Waals surface area contributed by atoms with E-state index in [4.69, 9.17) is 4.42 Å². The number of nitrogens with zero attached hydrogens (tertiary/aromatic N) is 1. The van der Waals surface area contributed by atoms with Crippen LogP contribution < -0.4 is 10.6 Å². The first-order valence-corrected chi connectivity index (χ1v) is 7.14. The van der Waals surface area contributed by atoms with Gasteiger partial charge in [0.15, 0.2) is 0 Å². The number of nitrogens with one attached hydrogen (secondary N) is 2. The molecule has 0 bridgehead atoms. The van der Waals surface area contributed by atoms with Crippen LogP contribution in [0, 0.1) is 13.8 Å². The smallest absolute Gasteiger partial charge is 0.251 e. The number of hydrogen-bond donors (Lipinski definition) is 2. The third-order valence-corrected chi connectivity index (χ3v) is 3.12. The molecule has 0 radical (unpaired) electrons. The summed E-state index contributed by atoms with van der Waals surface area (Å²) in [4.78, 5) is 16.2. The Morgan fingerprint density at radius 3 is 2.76 bits per heavy atom. The van der Waals surface area contributed by atoms with Crippen LogP contribution >= 0.6 is 0 Å². The van der Waals surface area contributed by atoms with Crippen molar-refractivity contribution in [2.24, 2.45) is 0 Å². The molecule has 5 heteroatoms. The highest BCUT2D eigenvalue weighted by atomic mass is 16.4. The van der Waals surface area contributed by atoms with E-state index >= 15 is 0 Å². The van der Waals surface area contributed by atoms with Crippen LogP contribution in [0.25, 0.3) is 0 Å². The average Bonchev–Trinajstić information content (AvgIpc) is 2.88. The lowest BCUT2D eigenvalue weighted by Crippen LogP contribution is -2.23. The van der Waals surface area contributed by atoms with E-state index in [1.54, 1.807) is 6.20 Å². The molecule has 0 saturated heterocycles. The minimum absolute atomic E-state index is 0.120. The Labute approximate surface area is 124 Å². The largest absolute Gasteiger partial charge is 0.444 e. The molecule has 0 aliphatic rings. The van der Waals surface area contributed by atoms with Crippen LogP contribution in [0.4, 0.5) is 5.69 Å². The van der Waals surface area contributed by atoms with E-state index in [1.807, 2.05) is 32.0 Å². The van der Waals surface area contributed by atoms with Crippen molar-refractivity contribution in [3.8, 4) is 0 Å². The van der Waals surface area contributed by atoms with E-state index in [2.05, 4.69) is 22.5 Å². The molecule has 0 fully saturated rings. The fourth-order valence-corrected chi connectivity index (χ4v) is 2.03. The molecule has 1 amide bonds. The highest BCUT2D eigenvalue weighted by Gasteiger charge is 2.10. The number of aromatic nitrogens is 1. The molecule has 2 N–H and O–H groups in total. The molecule has 0 atom stereocenters. The number of amides is 1. The monoisotopic (exact) mass is 287 g/mol. The number of carbonyl (C=O) groups excluding carboxylic acids is 1. The zero-order valence-electron chi connectivity index (χ0n) is 12.7. The van der Waals surface area contributed by atoms with Crippen LogP contribution in [0.5, 0.6) is 0 Å². The van der Waals surface area contributed by atoms with Crippen LogP contribution in [0.1, 0.15) is 40.9 Å².